The van der Waals surface area contributed by atoms with E-state index < -0.39 is 17.7 Å². The van der Waals surface area contributed by atoms with E-state index in [1.807, 2.05) is 24.3 Å². The zero-order chi connectivity index (χ0) is 18.1. The molecule has 1 atom stereocenters. The molecule has 25 heavy (non-hydrogen) atoms. The van der Waals surface area contributed by atoms with Gasteiger partial charge in [-0.05, 0) is 36.8 Å². The molecule has 2 aromatic carbocycles. The summed E-state index contributed by atoms with van der Waals surface area (Å²) in [5.41, 5.74) is 1.36. The predicted octanol–water partition coefficient (Wildman–Crippen LogP) is 3.95. The number of aliphatic hydroxyl groups is 1. The van der Waals surface area contributed by atoms with Gasteiger partial charge in [0.25, 0.3) is 5.91 Å². The Kier molecular flexibility index (Phi) is 4.63. The number of carbonyl (C=O) groups is 2. The molecule has 0 spiro atoms. The van der Waals surface area contributed by atoms with Gasteiger partial charge < -0.3 is 9.84 Å². The third kappa shape index (κ3) is 3.05. The van der Waals surface area contributed by atoms with Crippen LogP contribution in [0.5, 0.6) is 5.75 Å². The maximum atomic E-state index is 12.7. The number of benzene rings is 2. The third-order valence-corrected chi connectivity index (χ3v) is 4.63. The lowest BCUT2D eigenvalue weighted by Crippen LogP contribution is -2.30. The van der Waals surface area contributed by atoms with Gasteiger partial charge >= 0.3 is 0 Å². The first kappa shape index (κ1) is 17.2. The van der Waals surface area contributed by atoms with E-state index in [1.54, 1.807) is 24.3 Å². The number of Topliss-reactive ketones (excluding diaryl/α,β-unsaturated/α-hetero) is 1. The van der Waals surface area contributed by atoms with E-state index in [4.69, 9.17) is 4.74 Å². The highest BCUT2D eigenvalue weighted by Gasteiger charge is 2.43. The Labute approximate surface area is 153 Å². The summed E-state index contributed by atoms with van der Waals surface area (Å²) in [5.74, 6) is -0.880. The Morgan fingerprint density at radius 3 is 2.48 bits per heavy atom. The Bertz CT molecular complexity index is 873. The first-order chi connectivity index (χ1) is 11.9. The van der Waals surface area contributed by atoms with E-state index >= 15 is 0 Å². The summed E-state index contributed by atoms with van der Waals surface area (Å²) in [7, 11) is 1.54. The first-order valence-electron chi connectivity index (χ1n) is 7.61. The summed E-state index contributed by atoms with van der Waals surface area (Å²) in [5, 5.41) is 10.3. The van der Waals surface area contributed by atoms with Crippen LogP contribution in [-0.4, -0.2) is 23.9 Å². The van der Waals surface area contributed by atoms with Crippen LogP contribution in [0.25, 0.3) is 0 Å². The van der Waals surface area contributed by atoms with Gasteiger partial charge in [0.15, 0.2) is 11.5 Å². The average molecular weight is 402 g/mol. The highest BCUT2D eigenvalue weighted by atomic mass is 79.9. The molecule has 5 nitrogen and oxygen atoms in total. The lowest BCUT2D eigenvalue weighted by Gasteiger charge is -2.27. The van der Waals surface area contributed by atoms with Crippen LogP contribution < -0.4 is 9.64 Å². The fourth-order valence-electron chi connectivity index (χ4n) is 2.95. The molecule has 0 saturated heterocycles. The number of aliphatic hydroxyl groups excluding tert-OH is 1. The van der Waals surface area contributed by atoms with E-state index in [0.29, 0.717) is 11.4 Å². The van der Waals surface area contributed by atoms with Gasteiger partial charge in [0.1, 0.15) is 5.75 Å². The molecule has 1 amide bonds. The number of anilines is 1. The van der Waals surface area contributed by atoms with Crippen molar-refractivity contribution in [3.63, 3.8) is 0 Å². The molecule has 6 heteroatoms. The highest BCUT2D eigenvalue weighted by molar-refractivity contribution is 9.10. The second-order valence-electron chi connectivity index (χ2n) is 5.65. The third-order valence-electron chi connectivity index (χ3n) is 4.10. The van der Waals surface area contributed by atoms with Gasteiger partial charge in [0.05, 0.1) is 18.7 Å². The van der Waals surface area contributed by atoms with Crippen molar-refractivity contribution in [2.75, 3.05) is 12.0 Å². The number of ether oxygens (including phenoxy) is 1. The maximum Gasteiger partial charge on any atom is 0.294 e. The van der Waals surface area contributed by atoms with Crippen LogP contribution in [-0.2, 0) is 9.59 Å². The number of carbonyl (C=O) groups excluding carboxylic acids is 2. The zero-order valence-electron chi connectivity index (χ0n) is 13.7. The number of ketones is 1. The molecule has 0 radical (unpaired) electrons. The van der Waals surface area contributed by atoms with Crippen LogP contribution in [0, 0.1) is 0 Å². The summed E-state index contributed by atoms with van der Waals surface area (Å²) in [6.45, 7) is 1.35. The van der Waals surface area contributed by atoms with E-state index in [-0.39, 0.29) is 11.4 Å². The van der Waals surface area contributed by atoms with E-state index in [9.17, 15) is 14.7 Å². The Hall–Kier alpha value is -2.60. The summed E-state index contributed by atoms with van der Waals surface area (Å²) in [4.78, 5) is 26.2. The number of hydrogen-bond donors (Lipinski definition) is 1. The Balaban J connectivity index is 2.17. The molecule has 0 aromatic heterocycles. The molecular weight excluding hydrogens is 386 g/mol. The monoisotopic (exact) mass is 401 g/mol. The minimum Gasteiger partial charge on any atom is -0.503 e. The molecule has 0 bridgehead atoms. The van der Waals surface area contributed by atoms with Gasteiger partial charge in [-0.3, -0.25) is 14.5 Å². The van der Waals surface area contributed by atoms with Crippen molar-refractivity contribution in [1.82, 2.24) is 0 Å². The van der Waals surface area contributed by atoms with Gasteiger partial charge in [0, 0.05) is 16.2 Å². The smallest absolute Gasteiger partial charge is 0.294 e. The molecule has 0 unspecified atom stereocenters. The summed E-state index contributed by atoms with van der Waals surface area (Å²) >= 11 is 3.38. The van der Waals surface area contributed by atoms with E-state index in [1.165, 1.54) is 18.9 Å². The van der Waals surface area contributed by atoms with Gasteiger partial charge in [-0.2, -0.15) is 0 Å². The first-order valence-corrected chi connectivity index (χ1v) is 8.40. The van der Waals surface area contributed by atoms with Gasteiger partial charge in [-0.1, -0.05) is 34.1 Å². The largest absolute Gasteiger partial charge is 0.503 e. The lowest BCUT2D eigenvalue weighted by atomic mass is 9.96. The molecule has 1 aliphatic rings. The standard InChI is InChI=1S/C19H16BrNO4/c1-11(22)16-17(12-6-8-13(20)9-7-12)21(19(24)18(16)23)14-4-3-5-15(10-14)25-2/h3-10,17,23H,1-2H3/t17-/m1/s1. The van der Waals surface area contributed by atoms with Gasteiger partial charge in [-0.25, -0.2) is 0 Å². The molecule has 0 fully saturated rings. The van der Waals surface area contributed by atoms with Crippen LogP contribution in [0.15, 0.2) is 64.3 Å². The molecule has 1 heterocycles. The van der Waals surface area contributed by atoms with E-state index in [2.05, 4.69) is 15.9 Å². The Morgan fingerprint density at radius 1 is 1.20 bits per heavy atom. The van der Waals surface area contributed by atoms with Crippen molar-refractivity contribution in [3.8, 4) is 5.75 Å². The average Bonchev–Trinajstić information content (AvgIpc) is 2.87. The molecule has 1 N–H and O–H groups in total. The SMILES string of the molecule is COc1cccc(N2C(=O)C(O)=C(C(C)=O)[C@H]2c2ccc(Br)cc2)c1. The number of hydrogen-bond acceptors (Lipinski definition) is 4. The second-order valence-corrected chi connectivity index (χ2v) is 6.56. The second kappa shape index (κ2) is 6.72. The number of methoxy groups -OCH3 is 1. The van der Waals surface area contributed by atoms with Gasteiger partial charge in [0.2, 0.25) is 0 Å². The van der Waals surface area contributed by atoms with Crippen molar-refractivity contribution in [2.24, 2.45) is 0 Å². The topological polar surface area (TPSA) is 66.8 Å². The molecule has 0 saturated carbocycles. The van der Waals surface area contributed by atoms with Crippen LogP contribution in [0.3, 0.4) is 0 Å². The minimum atomic E-state index is -0.690. The van der Waals surface area contributed by atoms with Crippen LogP contribution in [0.1, 0.15) is 18.5 Å². The molecular formula is C19H16BrNO4. The maximum absolute atomic E-state index is 12.7. The predicted molar refractivity (Wildman–Crippen MR) is 97.7 cm³/mol. The van der Waals surface area contributed by atoms with Crippen molar-refractivity contribution in [3.05, 3.63) is 69.9 Å². The molecule has 3 rings (SSSR count). The molecule has 128 valence electrons. The number of rotatable bonds is 4. The van der Waals surface area contributed by atoms with Crippen molar-refractivity contribution < 1.29 is 19.4 Å². The summed E-state index contributed by atoms with van der Waals surface area (Å²) in [6.07, 6.45) is 0. The van der Waals surface area contributed by atoms with Crippen LogP contribution in [0.2, 0.25) is 0 Å². The number of nitrogens with zero attached hydrogens (tertiary/aromatic N) is 1. The summed E-state index contributed by atoms with van der Waals surface area (Å²) in [6, 6.07) is 13.6. The highest BCUT2D eigenvalue weighted by Crippen LogP contribution is 2.41. The molecule has 0 aliphatic carbocycles. The fraction of sp³-hybridized carbons (Fsp3) is 0.158. The Morgan fingerprint density at radius 2 is 1.88 bits per heavy atom. The molecule has 1 aliphatic heterocycles. The lowest BCUT2D eigenvalue weighted by molar-refractivity contribution is -0.117. The van der Waals surface area contributed by atoms with E-state index in [0.717, 1.165) is 10.0 Å². The van der Waals surface area contributed by atoms with Crippen LogP contribution in [0.4, 0.5) is 5.69 Å². The number of halogens is 1. The minimum absolute atomic E-state index is 0.0927. The quantitative estimate of drug-likeness (QED) is 0.841. The van der Waals surface area contributed by atoms with Crippen molar-refractivity contribution in [1.29, 1.82) is 0 Å². The fourth-order valence-corrected chi connectivity index (χ4v) is 3.22. The van der Waals surface area contributed by atoms with Crippen molar-refractivity contribution >= 4 is 33.3 Å². The molecule has 2 aromatic rings. The zero-order valence-corrected chi connectivity index (χ0v) is 15.3. The van der Waals surface area contributed by atoms with Crippen molar-refractivity contribution in [2.45, 2.75) is 13.0 Å². The van der Waals surface area contributed by atoms with Crippen LogP contribution >= 0.6 is 15.9 Å². The van der Waals surface area contributed by atoms with Gasteiger partial charge in [-0.15, -0.1) is 0 Å². The normalized spacial score (nSPS) is 17.2. The summed E-state index contributed by atoms with van der Waals surface area (Å²) < 4.78 is 6.10. The number of amides is 1.